The van der Waals surface area contributed by atoms with E-state index in [2.05, 4.69) is 6.58 Å². The van der Waals surface area contributed by atoms with Crippen LogP contribution in [0.25, 0.3) is 11.1 Å². The number of halogens is 2. The summed E-state index contributed by atoms with van der Waals surface area (Å²) in [5, 5.41) is 0. The minimum atomic E-state index is -0.692. The van der Waals surface area contributed by atoms with Crippen LogP contribution in [-0.2, 0) is 4.79 Å². The van der Waals surface area contributed by atoms with Gasteiger partial charge in [-0.05, 0) is 48.7 Å². The van der Waals surface area contributed by atoms with Crippen LogP contribution in [0.2, 0.25) is 0 Å². The molecule has 0 N–H and O–H groups in total. The predicted octanol–water partition coefficient (Wildman–Crippen LogP) is 4.42. The van der Waals surface area contributed by atoms with Gasteiger partial charge in [-0.15, -0.1) is 0 Å². The van der Waals surface area contributed by atoms with Gasteiger partial charge in [0.15, 0.2) is 11.6 Å². The van der Waals surface area contributed by atoms with E-state index in [0.717, 1.165) is 0 Å². The molecule has 4 heteroatoms. The van der Waals surface area contributed by atoms with Gasteiger partial charge in [0.1, 0.15) is 5.82 Å². The van der Waals surface area contributed by atoms with Crippen molar-refractivity contribution in [2.24, 2.45) is 0 Å². The smallest absolute Gasteiger partial charge is 0.338 e. The minimum absolute atomic E-state index is 0.180. The van der Waals surface area contributed by atoms with Crippen molar-refractivity contribution in [2.45, 2.75) is 13.8 Å². The molecule has 0 saturated heterocycles. The molecule has 2 rings (SSSR count). The lowest BCUT2D eigenvalue weighted by atomic mass is 10.0. The molecule has 0 atom stereocenters. The Kier molecular flexibility index (Phi) is 4.17. The second kappa shape index (κ2) is 5.87. The lowest BCUT2D eigenvalue weighted by Crippen LogP contribution is -2.09. The number of carbonyl (C=O) groups is 1. The third-order valence-corrected chi connectivity index (χ3v) is 2.99. The van der Waals surface area contributed by atoms with Crippen molar-refractivity contribution < 1.29 is 18.3 Å². The van der Waals surface area contributed by atoms with E-state index in [-0.39, 0.29) is 17.1 Å². The highest BCUT2D eigenvalue weighted by Crippen LogP contribution is 2.27. The Labute approximate surface area is 121 Å². The number of aryl methyl sites for hydroxylation is 1. The first-order valence-electron chi connectivity index (χ1n) is 6.32. The number of benzene rings is 2. The first-order chi connectivity index (χ1) is 9.88. The lowest BCUT2D eigenvalue weighted by Gasteiger charge is -2.08. The molecular weight excluding hydrogens is 274 g/mol. The van der Waals surface area contributed by atoms with Crippen molar-refractivity contribution in [1.82, 2.24) is 0 Å². The first-order valence-corrected chi connectivity index (χ1v) is 6.32. The van der Waals surface area contributed by atoms with Gasteiger partial charge in [0.2, 0.25) is 0 Å². The number of hydrogen-bond acceptors (Lipinski definition) is 2. The van der Waals surface area contributed by atoms with Gasteiger partial charge in [-0.25, -0.2) is 13.6 Å². The van der Waals surface area contributed by atoms with Crippen molar-refractivity contribution in [3.63, 3.8) is 0 Å². The highest BCUT2D eigenvalue weighted by Gasteiger charge is 2.12. The minimum Gasteiger partial charge on any atom is -0.420 e. The summed E-state index contributed by atoms with van der Waals surface area (Å²) in [5.41, 5.74) is 1.75. The van der Waals surface area contributed by atoms with E-state index in [9.17, 15) is 13.6 Å². The highest BCUT2D eigenvalue weighted by molar-refractivity contribution is 5.88. The van der Waals surface area contributed by atoms with Crippen LogP contribution < -0.4 is 4.74 Å². The molecule has 2 nitrogen and oxygen atoms in total. The van der Waals surface area contributed by atoms with E-state index in [1.54, 1.807) is 25.1 Å². The van der Waals surface area contributed by atoms with Gasteiger partial charge in [-0.3, -0.25) is 0 Å². The van der Waals surface area contributed by atoms with Gasteiger partial charge >= 0.3 is 5.97 Å². The number of ether oxygens (including phenoxy) is 1. The zero-order chi connectivity index (χ0) is 15.6. The maximum Gasteiger partial charge on any atom is 0.338 e. The molecule has 0 spiro atoms. The molecule has 0 saturated carbocycles. The summed E-state index contributed by atoms with van der Waals surface area (Å²) in [4.78, 5) is 11.4. The maximum atomic E-state index is 13.9. The Morgan fingerprint density at radius 1 is 1.05 bits per heavy atom. The van der Waals surface area contributed by atoms with Crippen LogP contribution in [0.3, 0.4) is 0 Å². The largest absolute Gasteiger partial charge is 0.420 e. The zero-order valence-corrected chi connectivity index (χ0v) is 11.7. The molecule has 0 aliphatic rings. The van der Waals surface area contributed by atoms with Crippen LogP contribution in [0.5, 0.6) is 5.75 Å². The van der Waals surface area contributed by atoms with Gasteiger partial charge in [-0.1, -0.05) is 24.8 Å². The molecule has 0 fully saturated rings. The van der Waals surface area contributed by atoms with Crippen LogP contribution in [-0.4, -0.2) is 5.97 Å². The fourth-order valence-electron chi connectivity index (χ4n) is 1.72. The molecule has 0 radical (unpaired) electrons. The van der Waals surface area contributed by atoms with Crippen LogP contribution in [0.15, 0.2) is 48.6 Å². The molecule has 0 bridgehead atoms. The van der Waals surface area contributed by atoms with Gasteiger partial charge in [0, 0.05) is 5.57 Å². The quantitative estimate of drug-likeness (QED) is 0.474. The molecule has 0 unspecified atom stereocenters. The van der Waals surface area contributed by atoms with Crippen molar-refractivity contribution >= 4 is 5.97 Å². The molecular formula is C17H14F2O2. The number of hydrogen-bond donors (Lipinski definition) is 0. The summed E-state index contributed by atoms with van der Waals surface area (Å²) < 4.78 is 32.3. The summed E-state index contributed by atoms with van der Waals surface area (Å²) >= 11 is 0. The SMILES string of the molecule is C=C(C)C(=O)Oc1ccc(-c2ccc(C)c(F)c2)cc1F. The van der Waals surface area contributed by atoms with Gasteiger partial charge in [-0.2, -0.15) is 0 Å². The Morgan fingerprint density at radius 3 is 2.14 bits per heavy atom. The summed E-state index contributed by atoms with van der Waals surface area (Å²) in [6.07, 6.45) is 0. The Hall–Kier alpha value is -2.49. The van der Waals surface area contributed by atoms with Crippen LogP contribution in [0.1, 0.15) is 12.5 Å². The molecule has 0 aliphatic heterocycles. The van der Waals surface area contributed by atoms with E-state index in [1.165, 1.54) is 25.1 Å². The maximum absolute atomic E-state index is 13.9. The Balaban J connectivity index is 2.32. The number of esters is 1. The van der Waals surface area contributed by atoms with Gasteiger partial charge in [0.05, 0.1) is 0 Å². The summed E-state index contributed by atoms with van der Waals surface area (Å²) in [6, 6.07) is 8.76. The van der Waals surface area contributed by atoms with Gasteiger partial charge in [0.25, 0.3) is 0 Å². The molecule has 0 amide bonds. The fourth-order valence-corrected chi connectivity index (χ4v) is 1.72. The van der Waals surface area contributed by atoms with Gasteiger partial charge < -0.3 is 4.74 Å². The van der Waals surface area contributed by atoms with Crippen LogP contribution in [0, 0.1) is 18.6 Å². The summed E-state index contributed by atoms with van der Waals surface area (Å²) in [5.74, 6) is -1.92. The average molecular weight is 288 g/mol. The van der Waals surface area contributed by atoms with Crippen molar-refractivity contribution in [2.75, 3.05) is 0 Å². The van der Waals surface area contributed by atoms with Crippen LogP contribution >= 0.6 is 0 Å². The Bertz CT molecular complexity index is 721. The van der Waals surface area contributed by atoms with Crippen LogP contribution in [0.4, 0.5) is 8.78 Å². The second-order valence-electron chi connectivity index (χ2n) is 4.78. The standard InChI is InChI=1S/C17H14F2O2/c1-10(2)17(20)21-16-7-6-13(9-15(16)19)12-5-4-11(3)14(18)8-12/h4-9H,1H2,2-3H3. The molecule has 2 aromatic rings. The van der Waals surface area contributed by atoms with E-state index in [4.69, 9.17) is 4.74 Å². The molecule has 0 heterocycles. The zero-order valence-electron chi connectivity index (χ0n) is 11.7. The average Bonchev–Trinajstić information content (AvgIpc) is 2.43. The lowest BCUT2D eigenvalue weighted by molar-refractivity contribution is -0.130. The number of carbonyl (C=O) groups excluding carboxylic acids is 1. The monoisotopic (exact) mass is 288 g/mol. The fraction of sp³-hybridized carbons (Fsp3) is 0.118. The van der Waals surface area contributed by atoms with E-state index < -0.39 is 11.8 Å². The third-order valence-electron chi connectivity index (χ3n) is 2.99. The van der Waals surface area contributed by atoms with E-state index in [0.29, 0.717) is 16.7 Å². The van der Waals surface area contributed by atoms with E-state index in [1.807, 2.05) is 0 Å². The Morgan fingerprint density at radius 2 is 1.62 bits per heavy atom. The van der Waals surface area contributed by atoms with Crippen molar-refractivity contribution in [3.05, 3.63) is 65.7 Å². The summed E-state index contributed by atoms with van der Waals surface area (Å²) in [7, 11) is 0. The molecule has 0 aromatic heterocycles. The third kappa shape index (κ3) is 3.34. The first kappa shape index (κ1) is 14.9. The second-order valence-corrected chi connectivity index (χ2v) is 4.78. The highest BCUT2D eigenvalue weighted by atomic mass is 19.1. The number of rotatable bonds is 3. The van der Waals surface area contributed by atoms with Crippen molar-refractivity contribution in [3.8, 4) is 16.9 Å². The predicted molar refractivity (Wildman–Crippen MR) is 77.0 cm³/mol. The normalized spacial score (nSPS) is 10.3. The molecule has 0 aliphatic carbocycles. The topological polar surface area (TPSA) is 26.3 Å². The van der Waals surface area contributed by atoms with Crippen molar-refractivity contribution in [1.29, 1.82) is 0 Å². The molecule has 108 valence electrons. The molecule has 21 heavy (non-hydrogen) atoms. The summed E-state index contributed by atoms with van der Waals surface area (Å²) in [6.45, 7) is 6.55. The molecule has 2 aromatic carbocycles. The van der Waals surface area contributed by atoms with E-state index >= 15 is 0 Å².